The fraction of sp³-hybridized carbons (Fsp3) is 0.727. The van der Waals surface area contributed by atoms with Crippen molar-refractivity contribution in [1.82, 2.24) is 5.32 Å². The van der Waals surface area contributed by atoms with Crippen LogP contribution in [0, 0.1) is 10.8 Å². The summed E-state index contributed by atoms with van der Waals surface area (Å²) in [7, 11) is 1.67. The molecular formula is C11H20N2O2. The van der Waals surface area contributed by atoms with Gasteiger partial charge in [0, 0.05) is 25.4 Å². The van der Waals surface area contributed by atoms with Gasteiger partial charge in [-0.25, -0.2) is 0 Å². The molecule has 1 unspecified atom stereocenters. The highest BCUT2D eigenvalue weighted by Crippen LogP contribution is 2.26. The third-order valence-corrected chi connectivity index (χ3v) is 2.43. The molecule has 1 fully saturated rings. The maximum absolute atomic E-state index is 7.41. The van der Waals surface area contributed by atoms with Crippen molar-refractivity contribution in [1.29, 1.82) is 5.41 Å². The van der Waals surface area contributed by atoms with E-state index in [4.69, 9.17) is 14.9 Å². The highest BCUT2D eigenvalue weighted by atomic mass is 16.5. The summed E-state index contributed by atoms with van der Waals surface area (Å²) in [6, 6.07) is 0. The van der Waals surface area contributed by atoms with Crippen molar-refractivity contribution in [2.24, 2.45) is 5.41 Å². The number of nitrogens with one attached hydrogen (secondary N) is 2. The lowest BCUT2D eigenvalue weighted by molar-refractivity contribution is 0.00128. The third kappa shape index (κ3) is 2.96. The summed E-state index contributed by atoms with van der Waals surface area (Å²) in [5.41, 5.74) is 0.807. The van der Waals surface area contributed by atoms with Gasteiger partial charge in [-0.05, 0) is 5.41 Å². The summed E-state index contributed by atoms with van der Waals surface area (Å²) in [6.45, 7) is 7.47. The van der Waals surface area contributed by atoms with Gasteiger partial charge in [0.2, 0.25) is 0 Å². The largest absolute Gasteiger partial charge is 0.476 e. The molecule has 1 aliphatic rings. The Balaban J connectivity index is 2.78. The van der Waals surface area contributed by atoms with Gasteiger partial charge >= 0.3 is 0 Å². The first-order valence-electron chi connectivity index (χ1n) is 5.13. The Kier molecular flexibility index (Phi) is 3.74. The molecule has 0 aromatic heterocycles. The van der Waals surface area contributed by atoms with Gasteiger partial charge in [-0.3, -0.25) is 0 Å². The fourth-order valence-electron chi connectivity index (χ4n) is 1.44. The minimum absolute atomic E-state index is 0.0794. The van der Waals surface area contributed by atoms with Crippen LogP contribution < -0.4 is 5.32 Å². The second kappa shape index (κ2) is 4.66. The lowest BCUT2D eigenvalue weighted by Gasteiger charge is -2.30. The maximum Gasteiger partial charge on any atom is 0.192 e. The van der Waals surface area contributed by atoms with E-state index < -0.39 is 0 Å². The molecule has 0 aromatic rings. The summed E-state index contributed by atoms with van der Waals surface area (Å²) in [4.78, 5) is 0. The van der Waals surface area contributed by atoms with Gasteiger partial charge in [-0.2, -0.15) is 0 Å². The van der Waals surface area contributed by atoms with Gasteiger partial charge in [-0.1, -0.05) is 20.8 Å². The predicted octanol–water partition coefficient (Wildman–Crippen LogP) is 1.53. The first-order chi connectivity index (χ1) is 6.99. The van der Waals surface area contributed by atoms with E-state index in [9.17, 15) is 0 Å². The fourth-order valence-corrected chi connectivity index (χ4v) is 1.44. The van der Waals surface area contributed by atoms with Crippen molar-refractivity contribution in [3.8, 4) is 0 Å². The molecule has 1 heterocycles. The minimum atomic E-state index is -0.0794. The van der Waals surface area contributed by atoms with Crippen LogP contribution in [-0.4, -0.2) is 32.6 Å². The van der Waals surface area contributed by atoms with Gasteiger partial charge in [0.1, 0.15) is 12.7 Å². The molecular weight excluding hydrogens is 192 g/mol. The molecule has 2 N–H and O–H groups in total. The van der Waals surface area contributed by atoms with E-state index in [2.05, 4.69) is 26.1 Å². The summed E-state index contributed by atoms with van der Waals surface area (Å²) in [5, 5.41) is 10.6. The molecule has 0 aliphatic carbocycles. The van der Waals surface area contributed by atoms with E-state index >= 15 is 0 Å². The number of rotatable bonds is 2. The molecule has 86 valence electrons. The molecule has 0 bridgehead atoms. The van der Waals surface area contributed by atoms with Crippen molar-refractivity contribution < 1.29 is 9.47 Å². The molecule has 0 amide bonds. The Hall–Kier alpha value is -1.03. The topological polar surface area (TPSA) is 54.3 Å². The molecule has 0 saturated carbocycles. The van der Waals surface area contributed by atoms with Gasteiger partial charge in [0.05, 0.1) is 0 Å². The van der Waals surface area contributed by atoms with Crippen molar-refractivity contribution in [3.05, 3.63) is 11.5 Å². The molecule has 0 radical (unpaired) electrons. The van der Waals surface area contributed by atoms with E-state index in [1.165, 1.54) is 6.21 Å². The average Bonchev–Trinajstić information content (AvgIpc) is 2.18. The number of ether oxygens (including phenoxy) is 2. The monoisotopic (exact) mass is 212 g/mol. The lowest BCUT2D eigenvalue weighted by Crippen LogP contribution is -2.40. The van der Waals surface area contributed by atoms with E-state index in [1.807, 2.05) is 0 Å². The van der Waals surface area contributed by atoms with Gasteiger partial charge in [0.15, 0.2) is 5.88 Å². The average molecular weight is 212 g/mol. The Labute approximate surface area is 91.2 Å². The van der Waals surface area contributed by atoms with Crippen LogP contribution in [0.15, 0.2) is 11.5 Å². The molecule has 4 nitrogen and oxygen atoms in total. The standard InChI is InChI=1S/C11H20N2O2/c1-11(2,3)9(5-12)10-13-6-8(14-4)7-15-10/h5,8,12-13H,6-7H2,1-4H3/b10-9-,12-5?. The summed E-state index contributed by atoms with van der Waals surface area (Å²) >= 11 is 0. The Morgan fingerprint density at radius 2 is 2.27 bits per heavy atom. The summed E-state index contributed by atoms with van der Waals surface area (Å²) in [5.74, 6) is 0.714. The van der Waals surface area contributed by atoms with Crippen molar-refractivity contribution in [3.63, 3.8) is 0 Å². The Morgan fingerprint density at radius 1 is 1.60 bits per heavy atom. The number of allylic oxidation sites excluding steroid dienone is 1. The van der Waals surface area contributed by atoms with E-state index in [0.717, 1.165) is 12.1 Å². The molecule has 1 saturated heterocycles. The van der Waals surface area contributed by atoms with Crippen LogP contribution in [0.5, 0.6) is 0 Å². The highest BCUT2D eigenvalue weighted by molar-refractivity contribution is 5.78. The van der Waals surface area contributed by atoms with E-state index in [1.54, 1.807) is 7.11 Å². The zero-order chi connectivity index (χ0) is 11.5. The highest BCUT2D eigenvalue weighted by Gasteiger charge is 2.24. The zero-order valence-electron chi connectivity index (χ0n) is 9.89. The summed E-state index contributed by atoms with van der Waals surface area (Å²) < 4.78 is 10.7. The number of hydrogen-bond acceptors (Lipinski definition) is 4. The van der Waals surface area contributed by atoms with Crippen LogP contribution in [0.4, 0.5) is 0 Å². The van der Waals surface area contributed by atoms with Crippen LogP contribution in [0.2, 0.25) is 0 Å². The molecule has 0 spiro atoms. The van der Waals surface area contributed by atoms with Crippen LogP contribution in [-0.2, 0) is 9.47 Å². The minimum Gasteiger partial charge on any atom is -0.476 e. The summed E-state index contributed by atoms with van der Waals surface area (Å²) in [6.07, 6.45) is 1.45. The SMILES string of the molecule is COC1CN/C(=C(\C=N)C(C)(C)C)OC1. The molecule has 1 aliphatic heterocycles. The molecule has 1 rings (SSSR count). The van der Waals surface area contributed by atoms with Crippen molar-refractivity contribution >= 4 is 6.21 Å². The van der Waals surface area contributed by atoms with E-state index in [-0.39, 0.29) is 11.5 Å². The van der Waals surface area contributed by atoms with Gasteiger partial charge in [-0.15, -0.1) is 0 Å². The van der Waals surface area contributed by atoms with Gasteiger partial charge < -0.3 is 20.2 Å². The molecule has 15 heavy (non-hydrogen) atoms. The lowest BCUT2D eigenvalue weighted by atomic mass is 9.87. The van der Waals surface area contributed by atoms with Crippen LogP contribution >= 0.6 is 0 Å². The van der Waals surface area contributed by atoms with E-state index in [0.29, 0.717) is 12.5 Å². The quantitative estimate of drug-likeness (QED) is 0.682. The maximum atomic E-state index is 7.41. The van der Waals surface area contributed by atoms with Crippen molar-refractivity contribution in [2.75, 3.05) is 20.3 Å². The number of hydrogen-bond donors (Lipinski definition) is 2. The first-order valence-corrected chi connectivity index (χ1v) is 5.13. The smallest absolute Gasteiger partial charge is 0.192 e. The van der Waals surface area contributed by atoms with Crippen LogP contribution in [0.25, 0.3) is 0 Å². The van der Waals surface area contributed by atoms with Crippen LogP contribution in [0.3, 0.4) is 0 Å². The second-order valence-electron chi connectivity index (χ2n) is 4.69. The Bertz CT molecular complexity index is 256. The number of methoxy groups -OCH3 is 1. The molecule has 4 heteroatoms. The van der Waals surface area contributed by atoms with Crippen LogP contribution in [0.1, 0.15) is 20.8 Å². The third-order valence-electron chi connectivity index (χ3n) is 2.43. The zero-order valence-corrected chi connectivity index (χ0v) is 9.89. The second-order valence-corrected chi connectivity index (χ2v) is 4.69. The Morgan fingerprint density at radius 3 is 2.60 bits per heavy atom. The first kappa shape index (κ1) is 12.0. The molecule has 1 atom stereocenters. The molecule has 0 aromatic carbocycles. The van der Waals surface area contributed by atoms with Gasteiger partial charge in [0.25, 0.3) is 0 Å². The normalized spacial score (nSPS) is 25.2. The predicted molar refractivity (Wildman–Crippen MR) is 60.0 cm³/mol. The van der Waals surface area contributed by atoms with Crippen molar-refractivity contribution in [2.45, 2.75) is 26.9 Å².